The van der Waals surface area contributed by atoms with Gasteiger partial charge in [-0.2, -0.15) is 0 Å². The average Bonchev–Trinajstić information content (AvgIpc) is 0. The number of rotatable bonds is 0. The Bertz CT molecular complexity index is 3.61. The van der Waals surface area contributed by atoms with Gasteiger partial charge >= 0.3 is 0 Å². The van der Waals surface area contributed by atoms with Crippen LogP contribution in [-0.4, -0.2) is 105 Å². The largest absolute Gasteiger partial charge is 0 e. The summed E-state index contributed by atoms with van der Waals surface area (Å²) in [6.07, 6.45) is 0. The van der Waals surface area contributed by atoms with Crippen LogP contribution in [-0.2, 0) is 19.5 Å². The van der Waals surface area contributed by atoms with Gasteiger partial charge in [0.1, 0.15) is 0 Å². The van der Waals surface area contributed by atoms with Crippen LogP contribution in [0.3, 0.4) is 0 Å². The first kappa shape index (κ1) is 35.3. The van der Waals surface area contributed by atoms with E-state index >= 15 is 0 Å². The molecule has 0 atom stereocenters. The van der Waals surface area contributed by atoms with E-state index in [1.54, 1.807) is 0 Å². The molecule has 0 nitrogen and oxygen atoms in total. The standard InChI is InChI=1S/4Bi.Rh. The molecule has 0 aromatic heterocycles. The van der Waals surface area contributed by atoms with Gasteiger partial charge in [-0.05, 0) is 0 Å². The molecule has 0 aliphatic rings. The molecule has 0 amide bonds. The van der Waals surface area contributed by atoms with Crippen LogP contribution in [0.2, 0.25) is 0 Å². The quantitative estimate of drug-likeness (QED) is 0.260. The Balaban J connectivity index is 0. The fourth-order valence-electron chi connectivity index (χ4n) is 0. The summed E-state index contributed by atoms with van der Waals surface area (Å²) in [4.78, 5) is 0. The Labute approximate surface area is 121 Å². The third-order valence-corrected chi connectivity index (χ3v) is 0. The summed E-state index contributed by atoms with van der Waals surface area (Å²) in [6, 6.07) is 0. The van der Waals surface area contributed by atoms with Gasteiger partial charge in [-0.3, -0.25) is 0 Å². The monoisotopic (exact) mass is 939 g/mol. The van der Waals surface area contributed by atoms with Crippen molar-refractivity contribution in [2.75, 3.05) is 0 Å². The van der Waals surface area contributed by atoms with E-state index in [2.05, 4.69) is 0 Å². The molecule has 0 aliphatic carbocycles. The molecular formula is Bi4Rh. The Morgan fingerprint density at radius 3 is 0.400 bits per heavy atom. The van der Waals surface area contributed by atoms with Crippen molar-refractivity contribution in [3.8, 4) is 0 Å². The van der Waals surface area contributed by atoms with Gasteiger partial charge in [0.2, 0.25) is 0 Å². The molecule has 0 N–H and O–H groups in total. The third-order valence-electron chi connectivity index (χ3n) is 0. The van der Waals surface area contributed by atoms with E-state index in [1.165, 1.54) is 0 Å². The zero-order chi connectivity index (χ0) is 0. The first-order valence-electron chi connectivity index (χ1n) is 0. The maximum atomic E-state index is 0. The number of hydrogen-bond acceptors (Lipinski definition) is 0. The van der Waals surface area contributed by atoms with Crippen molar-refractivity contribution in [3.63, 3.8) is 0 Å². The van der Waals surface area contributed by atoms with E-state index in [1.807, 2.05) is 0 Å². The van der Waals surface area contributed by atoms with Crippen molar-refractivity contribution in [1.29, 1.82) is 0 Å². The molecule has 0 heterocycles. The van der Waals surface area contributed by atoms with Crippen molar-refractivity contribution in [2.24, 2.45) is 0 Å². The minimum Gasteiger partial charge on any atom is 0 e. The van der Waals surface area contributed by atoms with Crippen LogP contribution in [0.4, 0.5) is 0 Å². The molecule has 0 spiro atoms. The van der Waals surface area contributed by atoms with Crippen molar-refractivity contribution in [3.05, 3.63) is 0 Å². The van der Waals surface area contributed by atoms with Gasteiger partial charge in [0, 0.05) is 124 Å². The second-order valence-electron chi connectivity index (χ2n) is 0. The summed E-state index contributed by atoms with van der Waals surface area (Å²) in [6.45, 7) is 0. The molecule has 13 radical (unpaired) electrons. The normalized spacial score (nSPS) is 0. The zero-order valence-corrected chi connectivity index (χ0v) is 17.7. The number of hydrogen-bond donors (Lipinski definition) is 0. The Morgan fingerprint density at radius 1 is 0.400 bits per heavy atom. The summed E-state index contributed by atoms with van der Waals surface area (Å²) in [5, 5.41) is 0. The smallest absolute Gasteiger partial charge is 0 e. The van der Waals surface area contributed by atoms with Crippen LogP contribution in [0.25, 0.3) is 0 Å². The van der Waals surface area contributed by atoms with E-state index in [9.17, 15) is 0 Å². The second-order valence-corrected chi connectivity index (χ2v) is 0. The second kappa shape index (κ2) is 24.2. The minimum atomic E-state index is 0. The molecule has 0 saturated carbocycles. The van der Waals surface area contributed by atoms with E-state index in [4.69, 9.17) is 0 Å². The van der Waals surface area contributed by atoms with Crippen molar-refractivity contribution >= 4 is 105 Å². The van der Waals surface area contributed by atoms with Gasteiger partial charge in [0.05, 0.1) is 0 Å². The molecule has 5 heteroatoms. The summed E-state index contributed by atoms with van der Waals surface area (Å²) in [5.41, 5.74) is 0. The molecule has 0 saturated heterocycles. The van der Waals surface area contributed by atoms with E-state index in [0.717, 1.165) is 0 Å². The molecule has 0 aliphatic heterocycles. The average molecular weight is 939 g/mol. The van der Waals surface area contributed by atoms with Crippen molar-refractivity contribution < 1.29 is 19.5 Å². The summed E-state index contributed by atoms with van der Waals surface area (Å²) < 4.78 is 0. The molecule has 0 unspecified atom stereocenters. The van der Waals surface area contributed by atoms with Gasteiger partial charge in [0.15, 0.2) is 0 Å². The molecule has 0 rings (SSSR count). The van der Waals surface area contributed by atoms with E-state index in [0.29, 0.717) is 0 Å². The first-order valence-corrected chi connectivity index (χ1v) is 0. The molecule has 5 heavy (non-hydrogen) atoms. The fourth-order valence-corrected chi connectivity index (χ4v) is 0. The maximum absolute atomic E-state index is 0. The first-order chi connectivity index (χ1) is 0. The van der Waals surface area contributed by atoms with Gasteiger partial charge in [-0.1, -0.05) is 0 Å². The van der Waals surface area contributed by atoms with E-state index in [-0.39, 0.29) is 124 Å². The van der Waals surface area contributed by atoms with Crippen LogP contribution < -0.4 is 0 Å². The van der Waals surface area contributed by atoms with Crippen molar-refractivity contribution in [2.45, 2.75) is 0 Å². The molecular weight excluding hydrogens is 939 g/mol. The van der Waals surface area contributed by atoms with Gasteiger partial charge in [-0.15, -0.1) is 0 Å². The SMILES string of the molecule is [Bi].[Bi].[Bi].[Bi].[Rh]. The molecule has 0 bridgehead atoms. The van der Waals surface area contributed by atoms with Crippen LogP contribution in [0.5, 0.6) is 0 Å². The maximum Gasteiger partial charge on any atom is 0 e. The minimum absolute atomic E-state index is 0. The molecule has 0 fully saturated rings. The van der Waals surface area contributed by atoms with Crippen LogP contribution in [0, 0.1) is 0 Å². The zero-order valence-electron chi connectivity index (χ0n) is 2.12. The van der Waals surface area contributed by atoms with E-state index < -0.39 is 0 Å². The molecule has 29 valence electrons. The van der Waals surface area contributed by atoms with Crippen LogP contribution in [0.1, 0.15) is 0 Å². The fraction of sp³-hybridized carbons (Fsp3) is 0. The predicted molar refractivity (Wildman–Crippen MR) is 23.0 cm³/mol. The topological polar surface area (TPSA) is 0 Å². The van der Waals surface area contributed by atoms with Gasteiger partial charge < -0.3 is 0 Å². The summed E-state index contributed by atoms with van der Waals surface area (Å²) >= 11 is 0. The van der Waals surface area contributed by atoms with Gasteiger partial charge in [0.25, 0.3) is 0 Å². The Hall–Kier alpha value is 4.16. The predicted octanol–water partition coefficient (Wildman–Crippen LogP) is -1.53. The Morgan fingerprint density at radius 2 is 0.400 bits per heavy atom. The van der Waals surface area contributed by atoms with Crippen molar-refractivity contribution in [1.82, 2.24) is 0 Å². The van der Waals surface area contributed by atoms with Gasteiger partial charge in [-0.25, -0.2) is 0 Å². The Kier molecular flexibility index (Phi) is 171. The van der Waals surface area contributed by atoms with Crippen LogP contribution in [0.15, 0.2) is 0 Å². The summed E-state index contributed by atoms with van der Waals surface area (Å²) in [5.74, 6) is 0. The molecule has 0 aromatic carbocycles. The van der Waals surface area contributed by atoms with Crippen LogP contribution >= 0.6 is 0 Å². The molecule has 0 aromatic rings. The third kappa shape index (κ3) is 17.9. The summed E-state index contributed by atoms with van der Waals surface area (Å²) in [7, 11) is 0.